The fourth-order valence-corrected chi connectivity index (χ4v) is 2.67. The lowest BCUT2D eigenvalue weighted by Gasteiger charge is -2.13. The predicted molar refractivity (Wildman–Crippen MR) is 103 cm³/mol. The van der Waals surface area contributed by atoms with Crippen LogP contribution < -0.4 is 10.1 Å². The van der Waals surface area contributed by atoms with Gasteiger partial charge in [0.15, 0.2) is 5.75 Å². The Morgan fingerprint density at radius 3 is 2.69 bits per heavy atom. The predicted octanol–water partition coefficient (Wildman–Crippen LogP) is 4.75. The maximum absolute atomic E-state index is 12.3. The highest BCUT2D eigenvalue weighted by molar-refractivity contribution is 6.31. The third kappa shape index (κ3) is 4.86. The van der Waals surface area contributed by atoms with Crippen molar-refractivity contribution in [2.24, 2.45) is 7.05 Å². The summed E-state index contributed by atoms with van der Waals surface area (Å²) >= 11 is 6.08. The van der Waals surface area contributed by atoms with Crippen molar-refractivity contribution < 1.29 is 9.53 Å². The number of carbonyl (C=O) groups is 1. The number of hydrogen-bond acceptors (Lipinski definition) is 3. The zero-order chi connectivity index (χ0) is 18.5. The minimum Gasteiger partial charge on any atom is -0.455 e. The van der Waals surface area contributed by atoms with E-state index in [1.165, 1.54) is 0 Å². The number of carbonyl (C=O) groups excluding carboxylic acids is 1. The van der Waals surface area contributed by atoms with Crippen LogP contribution in [-0.2, 0) is 18.3 Å². The number of nitrogens with one attached hydrogen (secondary N) is 1. The number of rotatable bonds is 6. The molecule has 1 aromatic heterocycles. The van der Waals surface area contributed by atoms with Gasteiger partial charge >= 0.3 is 0 Å². The summed E-state index contributed by atoms with van der Waals surface area (Å²) in [5.41, 5.74) is 2.72. The molecule has 0 aliphatic rings. The minimum atomic E-state index is -0.107. The van der Waals surface area contributed by atoms with E-state index in [0.717, 1.165) is 11.1 Å². The fourth-order valence-electron chi connectivity index (χ4n) is 2.49. The first-order valence-corrected chi connectivity index (χ1v) is 8.69. The second kappa shape index (κ2) is 8.06. The first-order valence-electron chi connectivity index (χ1n) is 8.31. The number of benzene rings is 2. The molecule has 3 rings (SSSR count). The van der Waals surface area contributed by atoms with Crippen LogP contribution in [-0.4, -0.2) is 15.7 Å². The number of ether oxygens (including phenoxy) is 1. The lowest BCUT2D eigenvalue weighted by molar-refractivity contribution is -0.116. The van der Waals surface area contributed by atoms with E-state index in [1.54, 1.807) is 29.1 Å². The Balaban J connectivity index is 1.68. The molecule has 3 aromatic rings. The molecule has 1 amide bonds. The zero-order valence-electron chi connectivity index (χ0n) is 14.7. The largest absolute Gasteiger partial charge is 0.455 e. The Bertz CT molecular complexity index is 904. The monoisotopic (exact) mass is 369 g/mol. The van der Waals surface area contributed by atoms with Crippen LogP contribution in [0.4, 0.5) is 5.69 Å². The second-order valence-corrected chi connectivity index (χ2v) is 6.56. The highest BCUT2D eigenvalue weighted by Gasteiger charge is 2.11. The molecule has 134 valence electrons. The molecule has 0 aliphatic carbocycles. The minimum absolute atomic E-state index is 0.107. The molecule has 0 bridgehead atoms. The number of aryl methyl sites for hydroxylation is 3. The Morgan fingerprint density at radius 1 is 1.23 bits per heavy atom. The van der Waals surface area contributed by atoms with Crippen molar-refractivity contribution in [1.29, 1.82) is 0 Å². The molecule has 0 fully saturated rings. The molecule has 0 atom stereocenters. The molecule has 0 aliphatic heterocycles. The van der Waals surface area contributed by atoms with Crippen molar-refractivity contribution in [3.8, 4) is 11.5 Å². The van der Waals surface area contributed by atoms with Crippen LogP contribution in [0.3, 0.4) is 0 Å². The summed E-state index contributed by atoms with van der Waals surface area (Å²) in [5.74, 6) is 1.14. The van der Waals surface area contributed by atoms with Crippen LogP contribution in [0, 0.1) is 6.92 Å². The van der Waals surface area contributed by atoms with Crippen molar-refractivity contribution in [3.05, 3.63) is 71.0 Å². The molecule has 6 heteroatoms. The Morgan fingerprint density at radius 2 is 2.00 bits per heavy atom. The van der Waals surface area contributed by atoms with Crippen molar-refractivity contribution >= 4 is 23.2 Å². The van der Waals surface area contributed by atoms with Gasteiger partial charge in [0, 0.05) is 24.7 Å². The Kier molecular flexibility index (Phi) is 5.58. The van der Waals surface area contributed by atoms with Gasteiger partial charge in [-0.1, -0.05) is 29.3 Å². The van der Waals surface area contributed by atoms with E-state index in [0.29, 0.717) is 35.1 Å². The first-order chi connectivity index (χ1) is 12.5. The van der Waals surface area contributed by atoms with Gasteiger partial charge < -0.3 is 10.1 Å². The van der Waals surface area contributed by atoms with Crippen molar-refractivity contribution in [2.75, 3.05) is 5.32 Å². The van der Waals surface area contributed by atoms with E-state index in [9.17, 15) is 4.79 Å². The average Bonchev–Trinajstić information content (AvgIpc) is 3.03. The maximum Gasteiger partial charge on any atom is 0.224 e. The smallest absolute Gasteiger partial charge is 0.224 e. The number of anilines is 1. The van der Waals surface area contributed by atoms with Crippen LogP contribution in [0.25, 0.3) is 0 Å². The maximum atomic E-state index is 12.3. The van der Waals surface area contributed by atoms with Gasteiger partial charge in [-0.05, 0) is 49.2 Å². The van der Waals surface area contributed by atoms with Crippen LogP contribution in [0.2, 0.25) is 5.02 Å². The quantitative estimate of drug-likeness (QED) is 0.682. The number of nitrogens with zero attached hydrogens (tertiary/aromatic N) is 2. The molecule has 0 saturated heterocycles. The molecule has 1 heterocycles. The van der Waals surface area contributed by atoms with Gasteiger partial charge in [-0.15, -0.1) is 0 Å². The zero-order valence-corrected chi connectivity index (χ0v) is 15.5. The van der Waals surface area contributed by atoms with Gasteiger partial charge in [0.25, 0.3) is 0 Å². The van der Waals surface area contributed by atoms with Gasteiger partial charge in [-0.3, -0.25) is 9.48 Å². The van der Waals surface area contributed by atoms with E-state index in [-0.39, 0.29) is 5.91 Å². The van der Waals surface area contributed by atoms with Crippen LogP contribution in [0.15, 0.2) is 54.9 Å². The second-order valence-electron chi connectivity index (χ2n) is 6.13. The first kappa shape index (κ1) is 18.0. The number of aromatic nitrogens is 2. The molecule has 5 nitrogen and oxygen atoms in total. The highest BCUT2D eigenvalue weighted by atomic mass is 35.5. The number of hydrogen-bond donors (Lipinski definition) is 1. The summed E-state index contributed by atoms with van der Waals surface area (Å²) in [7, 11) is 1.85. The van der Waals surface area contributed by atoms with Crippen LogP contribution >= 0.6 is 11.6 Å². The normalized spacial score (nSPS) is 10.6. The molecule has 0 unspecified atom stereocenters. The van der Waals surface area contributed by atoms with Gasteiger partial charge in [0.2, 0.25) is 5.91 Å². The van der Waals surface area contributed by atoms with Crippen molar-refractivity contribution in [1.82, 2.24) is 9.78 Å². The van der Waals surface area contributed by atoms with Gasteiger partial charge in [-0.2, -0.15) is 5.10 Å². The lowest BCUT2D eigenvalue weighted by Crippen LogP contribution is -2.13. The molecule has 0 radical (unpaired) electrons. The third-order valence-electron chi connectivity index (χ3n) is 3.86. The summed E-state index contributed by atoms with van der Waals surface area (Å²) in [5, 5.41) is 7.52. The molecule has 0 spiro atoms. The van der Waals surface area contributed by atoms with E-state index in [4.69, 9.17) is 16.3 Å². The SMILES string of the molecule is Cc1ccc(Oc2ccc(Cl)cc2NC(=O)CCc2cnn(C)c2)cc1. The molecular weight excluding hydrogens is 350 g/mol. The third-order valence-corrected chi connectivity index (χ3v) is 4.10. The standard InChI is InChI=1S/C20H20ClN3O2/c1-14-3-7-17(8-4-14)26-19-9-6-16(21)11-18(19)23-20(25)10-5-15-12-22-24(2)13-15/h3-4,6-9,11-13H,5,10H2,1-2H3,(H,23,25). The molecule has 1 N–H and O–H groups in total. The fraction of sp³-hybridized carbons (Fsp3) is 0.200. The van der Waals surface area contributed by atoms with Crippen LogP contribution in [0.1, 0.15) is 17.5 Å². The average molecular weight is 370 g/mol. The van der Waals surface area contributed by atoms with Gasteiger partial charge in [0.05, 0.1) is 11.9 Å². The van der Waals surface area contributed by atoms with E-state index >= 15 is 0 Å². The number of halogens is 1. The van der Waals surface area contributed by atoms with Crippen molar-refractivity contribution in [3.63, 3.8) is 0 Å². The molecule has 2 aromatic carbocycles. The van der Waals surface area contributed by atoms with Crippen molar-refractivity contribution in [2.45, 2.75) is 19.8 Å². The Hall–Kier alpha value is -2.79. The lowest BCUT2D eigenvalue weighted by atomic mass is 10.2. The van der Waals surface area contributed by atoms with E-state index in [1.807, 2.05) is 44.4 Å². The molecular formula is C20H20ClN3O2. The van der Waals surface area contributed by atoms with Crippen LogP contribution in [0.5, 0.6) is 11.5 Å². The topological polar surface area (TPSA) is 56.1 Å². The van der Waals surface area contributed by atoms with E-state index in [2.05, 4.69) is 10.4 Å². The summed E-state index contributed by atoms with van der Waals surface area (Å²) < 4.78 is 7.62. The number of amides is 1. The summed E-state index contributed by atoms with van der Waals surface area (Å²) in [6, 6.07) is 12.9. The van der Waals surface area contributed by atoms with Gasteiger partial charge in [-0.25, -0.2) is 0 Å². The molecule has 26 heavy (non-hydrogen) atoms. The summed E-state index contributed by atoms with van der Waals surface area (Å²) in [6.45, 7) is 2.01. The Labute approximate surface area is 157 Å². The summed E-state index contributed by atoms with van der Waals surface area (Å²) in [6.07, 6.45) is 4.63. The molecule has 0 saturated carbocycles. The summed E-state index contributed by atoms with van der Waals surface area (Å²) in [4.78, 5) is 12.3. The highest BCUT2D eigenvalue weighted by Crippen LogP contribution is 2.32. The van der Waals surface area contributed by atoms with E-state index < -0.39 is 0 Å². The van der Waals surface area contributed by atoms with Gasteiger partial charge in [0.1, 0.15) is 5.75 Å².